The molecule has 5 heteroatoms. The first-order valence-corrected chi connectivity index (χ1v) is 7.08. The normalized spacial score (nSPS) is 23.9. The maximum Gasteiger partial charge on any atom is 0.305 e. The van der Waals surface area contributed by atoms with Crippen LogP contribution in [0.2, 0.25) is 0 Å². The van der Waals surface area contributed by atoms with E-state index in [-0.39, 0.29) is 24.3 Å². The zero-order chi connectivity index (χ0) is 14.5. The summed E-state index contributed by atoms with van der Waals surface area (Å²) in [6.07, 6.45) is 2.75. The minimum Gasteiger partial charge on any atom is -0.481 e. The van der Waals surface area contributed by atoms with E-state index in [0.717, 1.165) is 0 Å². The van der Waals surface area contributed by atoms with Crippen LogP contribution in [0.3, 0.4) is 0 Å². The Morgan fingerprint density at radius 2 is 2.00 bits per heavy atom. The Balaban J connectivity index is 2.67. The van der Waals surface area contributed by atoms with Crippen molar-refractivity contribution in [3.63, 3.8) is 0 Å². The molecule has 2 atom stereocenters. The van der Waals surface area contributed by atoms with Crippen molar-refractivity contribution in [3.05, 3.63) is 0 Å². The van der Waals surface area contributed by atoms with Crippen molar-refractivity contribution in [2.24, 2.45) is 5.92 Å². The van der Waals surface area contributed by atoms with Crippen LogP contribution in [0, 0.1) is 5.92 Å². The zero-order valence-electron chi connectivity index (χ0n) is 12.1. The predicted octanol–water partition coefficient (Wildman–Crippen LogP) is 1.95. The highest BCUT2D eigenvalue weighted by Gasteiger charge is 2.34. The van der Waals surface area contributed by atoms with Crippen molar-refractivity contribution < 1.29 is 19.4 Å². The van der Waals surface area contributed by atoms with E-state index in [4.69, 9.17) is 9.84 Å². The number of carboxylic acid groups (broad SMARTS) is 1. The first-order valence-electron chi connectivity index (χ1n) is 7.08. The number of carboxylic acids is 1. The van der Waals surface area contributed by atoms with Gasteiger partial charge in [0.1, 0.15) is 0 Å². The lowest BCUT2D eigenvalue weighted by atomic mass is 9.87. The van der Waals surface area contributed by atoms with Crippen LogP contribution in [-0.4, -0.2) is 35.2 Å². The molecular weight excluding hydrogens is 246 g/mol. The molecule has 0 aromatic rings. The molecule has 0 aromatic carbocycles. The first kappa shape index (κ1) is 16.0. The summed E-state index contributed by atoms with van der Waals surface area (Å²) in [5.41, 5.74) is -0.621. The van der Waals surface area contributed by atoms with Crippen LogP contribution in [0.5, 0.6) is 0 Å². The van der Waals surface area contributed by atoms with Gasteiger partial charge in [-0.1, -0.05) is 13.8 Å². The van der Waals surface area contributed by atoms with Crippen LogP contribution in [0.1, 0.15) is 52.9 Å². The Kier molecular flexibility index (Phi) is 5.79. The maximum absolute atomic E-state index is 12.3. The van der Waals surface area contributed by atoms with Gasteiger partial charge < -0.3 is 15.2 Å². The molecule has 19 heavy (non-hydrogen) atoms. The van der Waals surface area contributed by atoms with Gasteiger partial charge in [0.05, 0.1) is 12.5 Å². The fourth-order valence-corrected chi connectivity index (χ4v) is 2.61. The van der Waals surface area contributed by atoms with Gasteiger partial charge in [0.25, 0.3) is 0 Å². The summed E-state index contributed by atoms with van der Waals surface area (Å²) in [5, 5.41) is 12.0. The molecule has 0 bridgehead atoms. The van der Waals surface area contributed by atoms with Crippen LogP contribution in [0.15, 0.2) is 0 Å². The highest BCUT2D eigenvalue weighted by molar-refractivity contribution is 5.80. The quantitative estimate of drug-likeness (QED) is 0.774. The lowest BCUT2D eigenvalue weighted by molar-refractivity contribution is -0.140. The highest BCUT2D eigenvalue weighted by Crippen LogP contribution is 2.24. The van der Waals surface area contributed by atoms with Gasteiger partial charge in [-0.3, -0.25) is 9.59 Å². The van der Waals surface area contributed by atoms with Gasteiger partial charge in [-0.15, -0.1) is 0 Å². The number of hydrogen-bond acceptors (Lipinski definition) is 3. The van der Waals surface area contributed by atoms with Crippen molar-refractivity contribution in [2.75, 3.05) is 6.61 Å². The van der Waals surface area contributed by atoms with Crippen molar-refractivity contribution in [3.8, 4) is 0 Å². The molecule has 0 aromatic heterocycles. The molecule has 0 saturated carbocycles. The summed E-state index contributed by atoms with van der Waals surface area (Å²) in [4.78, 5) is 23.3. The van der Waals surface area contributed by atoms with E-state index in [1.54, 1.807) is 0 Å². The van der Waals surface area contributed by atoms with Gasteiger partial charge in [-0.25, -0.2) is 0 Å². The van der Waals surface area contributed by atoms with Crippen molar-refractivity contribution in [1.82, 2.24) is 5.32 Å². The Morgan fingerprint density at radius 3 is 2.47 bits per heavy atom. The molecule has 0 spiro atoms. The molecule has 1 aliphatic rings. The molecule has 0 aliphatic carbocycles. The average Bonchev–Trinajstić information content (AvgIpc) is 2.37. The van der Waals surface area contributed by atoms with Gasteiger partial charge >= 0.3 is 5.97 Å². The standard InChI is InChI=1S/C14H25NO4/c1-4-14(5-2,9-12(16)17)15-13(18)11-6-7-19-10(3)8-11/h10-11H,4-9H2,1-3H3,(H,15,18)(H,16,17). The number of amides is 1. The fourth-order valence-electron chi connectivity index (χ4n) is 2.61. The average molecular weight is 271 g/mol. The topological polar surface area (TPSA) is 75.6 Å². The molecule has 1 fully saturated rings. The number of carbonyl (C=O) groups is 2. The molecular formula is C14H25NO4. The summed E-state index contributed by atoms with van der Waals surface area (Å²) in [6, 6.07) is 0. The number of aliphatic carboxylic acids is 1. The molecule has 1 rings (SSSR count). The summed E-state index contributed by atoms with van der Waals surface area (Å²) in [6.45, 7) is 6.39. The van der Waals surface area contributed by atoms with Gasteiger partial charge in [-0.05, 0) is 32.6 Å². The third kappa shape index (κ3) is 4.49. The number of nitrogens with one attached hydrogen (secondary N) is 1. The Hall–Kier alpha value is -1.10. The summed E-state index contributed by atoms with van der Waals surface area (Å²) in [5.74, 6) is -0.959. The second-order valence-electron chi connectivity index (χ2n) is 5.45. The van der Waals surface area contributed by atoms with E-state index in [2.05, 4.69) is 5.32 Å². The van der Waals surface area contributed by atoms with Crippen molar-refractivity contribution >= 4 is 11.9 Å². The molecule has 1 heterocycles. The van der Waals surface area contributed by atoms with E-state index in [1.165, 1.54) is 0 Å². The third-order valence-corrected chi connectivity index (χ3v) is 4.09. The molecule has 0 radical (unpaired) electrons. The maximum atomic E-state index is 12.3. The van der Waals surface area contributed by atoms with Crippen LogP contribution in [0.25, 0.3) is 0 Å². The zero-order valence-corrected chi connectivity index (χ0v) is 12.1. The van der Waals surface area contributed by atoms with Crippen molar-refractivity contribution in [2.45, 2.75) is 64.5 Å². The van der Waals surface area contributed by atoms with E-state index < -0.39 is 11.5 Å². The summed E-state index contributed by atoms with van der Waals surface area (Å²) >= 11 is 0. The Morgan fingerprint density at radius 1 is 1.37 bits per heavy atom. The van der Waals surface area contributed by atoms with Gasteiger partial charge in [0.15, 0.2) is 0 Å². The number of rotatable bonds is 6. The molecule has 1 amide bonds. The van der Waals surface area contributed by atoms with Crippen LogP contribution >= 0.6 is 0 Å². The smallest absolute Gasteiger partial charge is 0.305 e. The SMILES string of the molecule is CCC(CC)(CC(=O)O)NC(=O)C1CCOC(C)C1. The first-order chi connectivity index (χ1) is 8.92. The highest BCUT2D eigenvalue weighted by atomic mass is 16.5. The number of ether oxygens (including phenoxy) is 1. The minimum absolute atomic E-state index is 0.0233. The fraction of sp³-hybridized carbons (Fsp3) is 0.857. The third-order valence-electron chi connectivity index (χ3n) is 4.09. The van der Waals surface area contributed by atoms with Gasteiger partial charge in [0.2, 0.25) is 5.91 Å². The van der Waals surface area contributed by atoms with Crippen LogP contribution < -0.4 is 5.32 Å². The van der Waals surface area contributed by atoms with Gasteiger partial charge in [0, 0.05) is 18.1 Å². The summed E-state index contributed by atoms with van der Waals surface area (Å²) < 4.78 is 5.43. The van der Waals surface area contributed by atoms with E-state index in [0.29, 0.717) is 32.3 Å². The van der Waals surface area contributed by atoms with Gasteiger partial charge in [-0.2, -0.15) is 0 Å². The lowest BCUT2D eigenvalue weighted by Gasteiger charge is -2.35. The molecule has 110 valence electrons. The van der Waals surface area contributed by atoms with E-state index >= 15 is 0 Å². The Bertz CT molecular complexity index is 325. The number of hydrogen-bond donors (Lipinski definition) is 2. The Labute approximate surface area is 114 Å². The molecule has 2 N–H and O–H groups in total. The van der Waals surface area contributed by atoms with E-state index in [1.807, 2.05) is 20.8 Å². The minimum atomic E-state index is -0.871. The van der Waals surface area contributed by atoms with Crippen LogP contribution in [0.4, 0.5) is 0 Å². The largest absolute Gasteiger partial charge is 0.481 e. The lowest BCUT2D eigenvalue weighted by Crippen LogP contribution is -2.52. The second kappa shape index (κ2) is 6.89. The van der Waals surface area contributed by atoms with E-state index in [9.17, 15) is 9.59 Å². The molecule has 1 aliphatic heterocycles. The second-order valence-corrected chi connectivity index (χ2v) is 5.45. The number of carbonyl (C=O) groups excluding carboxylic acids is 1. The van der Waals surface area contributed by atoms with Crippen molar-refractivity contribution in [1.29, 1.82) is 0 Å². The molecule has 5 nitrogen and oxygen atoms in total. The van der Waals surface area contributed by atoms with Crippen LogP contribution in [-0.2, 0) is 14.3 Å². The molecule has 1 saturated heterocycles. The molecule has 2 unspecified atom stereocenters. The monoisotopic (exact) mass is 271 g/mol. The predicted molar refractivity (Wildman–Crippen MR) is 71.8 cm³/mol. The summed E-state index contributed by atoms with van der Waals surface area (Å²) in [7, 11) is 0.